The second-order valence-corrected chi connectivity index (χ2v) is 6.71. The maximum absolute atomic E-state index is 12.6. The predicted molar refractivity (Wildman–Crippen MR) is 96.9 cm³/mol. The van der Waals surface area contributed by atoms with Crippen LogP contribution >= 0.6 is 22.6 Å². The number of hydrogen-bond donors (Lipinski definition) is 0. The Morgan fingerprint density at radius 1 is 1.36 bits per heavy atom. The van der Waals surface area contributed by atoms with Crippen LogP contribution in [0.4, 0.5) is 0 Å². The minimum atomic E-state index is -0.113. The van der Waals surface area contributed by atoms with Crippen LogP contribution in [0.5, 0.6) is 0 Å². The number of nitrogens with zero attached hydrogens (tertiary/aromatic N) is 1. The van der Waals surface area contributed by atoms with E-state index < -0.39 is 0 Å². The number of rotatable bonds is 10. The molecule has 0 aliphatic rings. The molecule has 5 heteroatoms. The number of alkyl halides is 1. The van der Waals surface area contributed by atoms with Gasteiger partial charge in [0.1, 0.15) is 6.79 Å². The third kappa shape index (κ3) is 7.38. The first-order chi connectivity index (χ1) is 10.5. The van der Waals surface area contributed by atoms with Crippen molar-refractivity contribution in [1.29, 1.82) is 0 Å². The molecule has 1 unspecified atom stereocenters. The molecule has 0 saturated heterocycles. The number of methoxy groups -OCH3 is 1. The first kappa shape index (κ1) is 19.1. The fourth-order valence-corrected chi connectivity index (χ4v) is 2.64. The van der Waals surface area contributed by atoms with Crippen molar-refractivity contribution in [2.45, 2.75) is 23.8 Å². The summed E-state index contributed by atoms with van der Waals surface area (Å²) in [7, 11) is 1.58. The normalized spacial score (nSPS) is 12.0. The molecule has 1 amide bonds. The van der Waals surface area contributed by atoms with Gasteiger partial charge in [-0.05, 0) is 18.9 Å². The van der Waals surface area contributed by atoms with E-state index in [1.165, 1.54) is 0 Å². The number of hydrogen-bond acceptors (Lipinski definition) is 3. The van der Waals surface area contributed by atoms with E-state index in [-0.39, 0.29) is 16.6 Å². The molecule has 0 spiro atoms. The summed E-state index contributed by atoms with van der Waals surface area (Å²) in [5.74, 6) is 0.119. The average molecular weight is 417 g/mol. The van der Waals surface area contributed by atoms with Gasteiger partial charge in [-0.25, -0.2) is 0 Å². The van der Waals surface area contributed by atoms with Crippen molar-refractivity contribution in [2.75, 3.05) is 27.1 Å². The maximum Gasteiger partial charge on any atom is 0.236 e. The Morgan fingerprint density at radius 3 is 2.64 bits per heavy atom. The third-order valence-electron chi connectivity index (χ3n) is 2.97. The number of halogens is 1. The lowest BCUT2D eigenvalue weighted by Gasteiger charge is -2.25. The summed E-state index contributed by atoms with van der Waals surface area (Å²) in [5.41, 5.74) is 2.10. The zero-order valence-electron chi connectivity index (χ0n) is 13.3. The van der Waals surface area contributed by atoms with Crippen molar-refractivity contribution < 1.29 is 14.3 Å². The van der Waals surface area contributed by atoms with Gasteiger partial charge in [-0.15, -0.1) is 0 Å². The zero-order valence-corrected chi connectivity index (χ0v) is 15.4. The molecule has 0 bridgehead atoms. The highest BCUT2D eigenvalue weighted by atomic mass is 127. The van der Waals surface area contributed by atoms with Gasteiger partial charge >= 0.3 is 0 Å². The summed E-state index contributed by atoms with van der Waals surface area (Å²) in [6.45, 7) is 7.82. The van der Waals surface area contributed by atoms with Gasteiger partial charge < -0.3 is 14.4 Å². The van der Waals surface area contributed by atoms with Crippen LogP contribution in [0.25, 0.3) is 0 Å². The van der Waals surface area contributed by atoms with Gasteiger partial charge in [-0.3, -0.25) is 4.79 Å². The molecule has 1 atom stereocenters. The molecule has 22 heavy (non-hydrogen) atoms. The molecule has 0 aromatic heterocycles. The standard InChI is InChI=1S/C17H24INO3/c1-14(2)11-19(12-15-7-5-4-6-8-15)17(20)16(18)9-10-22-13-21-3/h4-8,16H,1,9-13H2,2-3H3. The highest BCUT2D eigenvalue weighted by molar-refractivity contribution is 14.1. The van der Waals surface area contributed by atoms with Crippen molar-refractivity contribution in [3.63, 3.8) is 0 Å². The van der Waals surface area contributed by atoms with Crippen molar-refractivity contribution in [2.24, 2.45) is 0 Å². The number of ether oxygens (including phenoxy) is 2. The van der Waals surface area contributed by atoms with Gasteiger partial charge in [0.25, 0.3) is 0 Å². The Kier molecular flexibility index (Phi) is 9.34. The first-order valence-electron chi connectivity index (χ1n) is 7.22. The molecule has 0 N–H and O–H groups in total. The summed E-state index contributed by atoms with van der Waals surface area (Å²) in [5, 5.41) is 0. The molecule has 0 heterocycles. The van der Waals surface area contributed by atoms with Gasteiger partial charge in [0.2, 0.25) is 5.91 Å². The van der Waals surface area contributed by atoms with Crippen LogP contribution in [0.15, 0.2) is 42.5 Å². The van der Waals surface area contributed by atoms with Crippen LogP contribution in [-0.4, -0.2) is 41.8 Å². The third-order valence-corrected chi connectivity index (χ3v) is 4.13. The second kappa shape index (κ2) is 10.7. The predicted octanol–water partition coefficient (Wildman–Crippen LogP) is 3.41. The van der Waals surface area contributed by atoms with E-state index in [1.54, 1.807) is 7.11 Å². The lowest BCUT2D eigenvalue weighted by atomic mass is 10.2. The molecule has 122 valence electrons. The van der Waals surface area contributed by atoms with Crippen molar-refractivity contribution in [1.82, 2.24) is 4.90 Å². The Hall–Kier alpha value is -0.920. The number of benzene rings is 1. The van der Waals surface area contributed by atoms with E-state index in [4.69, 9.17) is 9.47 Å². The van der Waals surface area contributed by atoms with Gasteiger partial charge in [-0.1, -0.05) is 65.1 Å². The highest BCUT2D eigenvalue weighted by Gasteiger charge is 2.22. The topological polar surface area (TPSA) is 38.8 Å². The minimum absolute atomic E-state index is 0.113. The zero-order chi connectivity index (χ0) is 16.4. The Balaban J connectivity index is 2.61. The van der Waals surface area contributed by atoms with E-state index >= 15 is 0 Å². The molecule has 0 aliphatic carbocycles. The van der Waals surface area contributed by atoms with Crippen LogP contribution in [0.1, 0.15) is 18.9 Å². The SMILES string of the molecule is C=C(C)CN(Cc1ccccc1)C(=O)C(I)CCOCOC. The summed E-state index contributed by atoms with van der Waals surface area (Å²) >= 11 is 2.18. The quantitative estimate of drug-likeness (QED) is 0.193. The van der Waals surface area contributed by atoms with Crippen molar-refractivity contribution in [3.05, 3.63) is 48.0 Å². The van der Waals surface area contributed by atoms with Crippen LogP contribution in [0, 0.1) is 0 Å². The highest BCUT2D eigenvalue weighted by Crippen LogP contribution is 2.15. The van der Waals surface area contributed by atoms with Gasteiger partial charge in [0.15, 0.2) is 0 Å². The van der Waals surface area contributed by atoms with Crippen LogP contribution in [0.3, 0.4) is 0 Å². The smallest absolute Gasteiger partial charge is 0.236 e. The Bertz CT molecular complexity index is 464. The molecule has 4 nitrogen and oxygen atoms in total. The molecule has 0 fully saturated rings. The fraction of sp³-hybridized carbons (Fsp3) is 0.471. The van der Waals surface area contributed by atoms with Crippen LogP contribution in [0.2, 0.25) is 0 Å². The molecular weight excluding hydrogens is 393 g/mol. The summed E-state index contributed by atoms with van der Waals surface area (Å²) in [4.78, 5) is 14.5. The molecule has 1 rings (SSSR count). The van der Waals surface area contributed by atoms with Gasteiger partial charge in [-0.2, -0.15) is 0 Å². The summed E-state index contributed by atoms with van der Waals surface area (Å²) < 4.78 is 9.99. The first-order valence-corrected chi connectivity index (χ1v) is 8.47. The monoisotopic (exact) mass is 417 g/mol. The molecule has 0 radical (unpaired) electrons. The summed E-state index contributed by atoms with van der Waals surface area (Å²) in [6.07, 6.45) is 0.671. The molecule has 0 aliphatic heterocycles. The number of carbonyl (C=O) groups is 1. The van der Waals surface area contributed by atoms with Crippen molar-refractivity contribution in [3.8, 4) is 0 Å². The van der Waals surface area contributed by atoms with E-state index in [2.05, 4.69) is 29.2 Å². The average Bonchev–Trinajstić information content (AvgIpc) is 2.50. The number of amides is 1. The van der Waals surface area contributed by atoms with Gasteiger partial charge in [0.05, 0.1) is 10.5 Å². The van der Waals surface area contributed by atoms with Gasteiger partial charge in [0, 0.05) is 20.2 Å². The van der Waals surface area contributed by atoms with E-state index in [0.717, 1.165) is 11.1 Å². The number of carbonyl (C=O) groups excluding carboxylic acids is 1. The maximum atomic E-state index is 12.6. The molecule has 1 aromatic rings. The molecule has 1 aromatic carbocycles. The molecule has 0 saturated carbocycles. The minimum Gasteiger partial charge on any atom is -0.359 e. The van der Waals surface area contributed by atoms with Crippen molar-refractivity contribution >= 4 is 28.5 Å². The van der Waals surface area contributed by atoms with E-state index in [9.17, 15) is 4.79 Å². The molecular formula is C17H24INO3. The lowest BCUT2D eigenvalue weighted by Crippen LogP contribution is -2.37. The lowest BCUT2D eigenvalue weighted by molar-refractivity contribution is -0.131. The van der Waals surface area contributed by atoms with Crippen LogP contribution in [-0.2, 0) is 20.8 Å². The second-order valence-electron chi connectivity index (χ2n) is 5.21. The summed E-state index contributed by atoms with van der Waals surface area (Å²) in [6, 6.07) is 10.0. The Morgan fingerprint density at radius 2 is 2.05 bits per heavy atom. The van der Waals surface area contributed by atoms with Crippen LogP contribution < -0.4 is 0 Å². The fourth-order valence-electron chi connectivity index (χ4n) is 1.99. The van der Waals surface area contributed by atoms with E-state index in [0.29, 0.717) is 26.1 Å². The Labute approximate surface area is 146 Å². The van der Waals surface area contributed by atoms with E-state index in [1.807, 2.05) is 42.2 Å². The largest absolute Gasteiger partial charge is 0.359 e.